The largest absolute Gasteiger partial charge is 0.508 e. The van der Waals surface area contributed by atoms with Crippen molar-refractivity contribution in [3.8, 4) is 11.5 Å². The van der Waals surface area contributed by atoms with Crippen molar-refractivity contribution >= 4 is 32.8 Å². The van der Waals surface area contributed by atoms with E-state index < -0.39 is 0 Å². The van der Waals surface area contributed by atoms with Crippen molar-refractivity contribution < 1.29 is 14.6 Å². The first-order valence-corrected chi connectivity index (χ1v) is 12.1. The van der Waals surface area contributed by atoms with Crippen LogP contribution in [0.15, 0.2) is 60.7 Å². The molecule has 5 heteroatoms. The Labute approximate surface area is 192 Å². The number of thiophene rings is 1. The highest BCUT2D eigenvalue weighted by atomic mass is 32.1. The molecule has 1 aliphatic carbocycles. The number of aromatic hydroxyl groups is 1. The van der Waals surface area contributed by atoms with Crippen LogP contribution in [-0.2, 0) is 0 Å². The second kappa shape index (κ2) is 9.31. The number of hydrogen-bond acceptors (Lipinski definition) is 5. The van der Waals surface area contributed by atoms with E-state index in [0.717, 1.165) is 58.8 Å². The van der Waals surface area contributed by atoms with Gasteiger partial charge in [0.05, 0.1) is 0 Å². The molecule has 32 heavy (non-hydrogen) atoms. The molecule has 0 atom stereocenters. The quantitative estimate of drug-likeness (QED) is 0.450. The summed E-state index contributed by atoms with van der Waals surface area (Å²) in [5, 5.41) is 10.8. The third-order valence-electron chi connectivity index (χ3n) is 6.15. The number of hydrogen-bond donors (Lipinski definition) is 1. The molecule has 1 aliphatic heterocycles. The second-order valence-electron chi connectivity index (χ2n) is 8.38. The Morgan fingerprint density at radius 2 is 1.88 bits per heavy atom. The molecule has 2 aromatic carbocycles. The summed E-state index contributed by atoms with van der Waals surface area (Å²) in [6.45, 7) is 3.94. The van der Waals surface area contributed by atoms with Gasteiger partial charge in [0.2, 0.25) is 0 Å². The Hall–Kier alpha value is -2.89. The van der Waals surface area contributed by atoms with E-state index in [2.05, 4.69) is 23.1 Å². The summed E-state index contributed by atoms with van der Waals surface area (Å²) in [5.74, 6) is 1.01. The van der Waals surface area contributed by atoms with Crippen molar-refractivity contribution in [3.63, 3.8) is 0 Å². The van der Waals surface area contributed by atoms with Gasteiger partial charge in [-0.05, 0) is 86.8 Å². The monoisotopic (exact) mass is 445 g/mol. The maximum atomic E-state index is 13.6. The zero-order chi connectivity index (χ0) is 21.9. The van der Waals surface area contributed by atoms with Gasteiger partial charge in [-0.3, -0.25) is 9.69 Å². The Balaban J connectivity index is 1.40. The van der Waals surface area contributed by atoms with Crippen LogP contribution in [0.3, 0.4) is 0 Å². The number of fused-ring (bicyclic) bond motifs is 1. The van der Waals surface area contributed by atoms with Gasteiger partial charge in [0, 0.05) is 32.6 Å². The summed E-state index contributed by atoms with van der Waals surface area (Å²) in [4.78, 5) is 17.0. The molecule has 4 nitrogen and oxygen atoms in total. The smallest absolute Gasteiger partial charge is 0.195 e. The van der Waals surface area contributed by atoms with Crippen molar-refractivity contribution in [2.24, 2.45) is 0 Å². The van der Waals surface area contributed by atoms with Crippen LogP contribution in [0.25, 0.3) is 15.7 Å². The average molecular weight is 446 g/mol. The first-order valence-electron chi connectivity index (χ1n) is 11.3. The fourth-order valence-corrected chi connectivity index (χ4v) is 5.70. The number of likely N-dealkylation sites (tertiary alicyclic amines) is 1. The van der Waals surface area contributed by atoms with Crippen LogP contribution in [0.2, 0.25) is 0 Å². The van der Waals surface area contributed by atoms with Crippen LogP contribution >= 0.6 is 11.3 Å². The first kappa shape index (κ1) is 21.0. The predicted octanol–water partition coefficient (Wildman–Crippen LogP) is 6.05. The summed E-state index contributed by atoms with van der Waals surface area (Å²) in [7, 11) is 0. The first-order chi connectivity index (χ1) is 15.7. The molecule has 1 N–H and O–H groups in total. The molecular weight excluding hydrogens is 418 g/mol. The Morgan fingerprint density at radius 1 is 1.06 bits per heavy atom. The molecule has 0 spiro atoms. The standard InChI is InChI=1S/C27H27NO3S/c29-21-10-13-23-24(18-21)32-27(20-6-2-1-3-7-20)25(23)26(30)19-8-11-22(12-9-19)31-17-16-28-14-4-5-15-28/h2,6-13,18,29H,1,3-5,14-17H2. The van der Waals surface area contributed by atoms with E-state index in [1.54, 1.807) is 23.5 Å². The van der Waals surface area contributed by atoms with Crippen molar-refractivity contribution in [2.75, 3.05) is 26.2 Å². The molecule has 0 radical (unpaired) electrons. The molecule has 5 rings (SSSR count). The fraction of sp³-hybridized carbons (Fsp3) is 0.296. The third kappa shape index (κ3) is 4.36. The maximum absolute atomic E-state index is 13.6. The number of carbonyl (C=O) groups is 1. The molecule has 0 bridgehead atoms. The second-order valence-corrected chi connectivity index (χ2v) is 9.43. The minimum absolute atomic E-state index is 0.000398. The molecule has 2 aliphatic rings. The van der Waals surface area contributed by atoms with Crippen molar-refractivity contribution in [1.29, 1.82) is 0 Å². The molecule has 1 saturated heterocycles. The van der Waals surface area contributed by atoms with E-state index in [1.807, 2.05) is 30.3 Å². The van der Waals surface area contributed by atoms with Gasteiger partial charge in [-0.25, -0.2) is 0 Å². The van der Waals surface area contributed by atoms with Crippen LogP contribution in [0.5, 0.6) is 11.5 Å². The van der Waals surface area contributed by atoms with E-state index in [0.29, 0.717) is 17.7 Å². The van der Waals surface area contributed by atoms with Crippen LogP contribution in [0.1, 0.15) is 46.5 Å². The number of nitrogens with zero attached hydrogens (tertiary/aromatic N) is 1. The lowest BCUT2D eigenvalue weighted by Gasteiger charge is -2.15. The van der Waals surface area contributed by atoms with Gasteiger partial charge < -0.3 is 9.84 Å². The molecule has 2 heterocycles. The van der Waals surface area contributed by atoms with E-state index >= 15 is 0 Å². The Bertz CT molecular complexity index is 1180. The number of carbonyl (C=O) groups excluding carboxylic acids is 1. The zero-order valence-electron chi connectivity index (χ0n) is 18.0. The highest BCUT2D eigenvalue weighted by Gasteiger charge is 2.22. The van der Waals surface area contributed by atoms with Crippen LogP contribution in [-0.4, -0.2) is 42.0 Å². The SMILES string of the molecule is O=C(c1ccc(OCCN2CCCC2)cc1)c1c(C2=CCCC=C2)sc2cc(O)ccc12. The van der Waals surface area contributed by atoms with Crippen molar-refractivity contribution in [3.05, 3.63) is 76.7 Å². The maximum Gasteiger partial charge on any atom is 0.195 e. The van der Waals surface area contributed by atoms with Crippen molar-refractivity contribution in [2.45, 2.75) is 25.7 Å². The minimum Gasteiger partial charge on any atom is -0.508 e. The van der Waals surface area contributed by atoms with Gasteiger partial charge in [0.15, 0.2) is 5.78 Å². The topological polar surface area (TPSA) is 49.8 Å². The highest BCUT2D eigenvalue weighted by molar-refractivity contribution is 7.20. The number of rotatable bonds is 7. The van der Waals surface area contributed by atoms with Gasteiger partial charge >= 0.3 is 0 Å². The molecular formula is C27H27NO3S. The number of ketones is 1. The van der Waals surface area contributed by atoms with Gasteiger partial charge in [-0.15, -0.1) is 11.3 Å². The van der Waals surface area contributed by atoms with Crippen LogP contribution in [0, 0.1) is 0 Å². The highest BCUT2D eigenvalue weighted by Crippen LogP contribution is 2.40. The number of phenols is 1. The molecule has 0 amide bonds. The van der Waals surface area contributed by atoms with Crippen molar-refractivity contribution in [1.82, 2.24) is 4.90 Å². The van der Waals surface area contributed by atoms with E-state index in [4.69, 9.17) is 4.74 Å². The summed E-state index contributed by atoms with van der Waals surface area (Å²) in [6, 6.07) is 12.7. The lowest BCUT2D eigenvalue weighted by atomic mass is 9.95. The molecule has 0 unspecified atom stereocenters. The number of benzene rings is 2. The van der Waals surface area contributed by atoms with Gasteiger partial charge in [0.25, 0.3) is 0 Å². The number of allylic oxidation sites excluding steroid dienone is 4. The van der Waals surface area contributed by atoms with E-state index in [9.17, 15) is 9.90 Å². The third-order valence-corrected chi connectivity index (χ3v) is 7.35. The summed E-state index contributed by atoms with van der Waals surface area (Å²) in [5.41, 5.74) is 2.44. The lowest BCUT2D eigenvalue weighted by Crippen LogP contribution is -2.25. The average Bonchev–Trinajstić information content (AvgIpc) is 3.47. The van der Waals surface area contributed by atoms with Gasteiger partial charge in [0.1, 0.15) is 18.1 Å². The predicted molar refractivity (Wildman–Crippen MR) is 131 cm³/mol. The van der Waals surface area contributed by atoms with E-state index in [1.165, 1.54) is 12.8 Å². The van der Waals surface area contributed by atoms with Crippen LogP contribution < -0.4 is 4.74 Å². The lowest BCUT2D eigenvalue weighted by molar-refractivity contribution is 0.104. The summed E-state index contributed by atoms with van der Waals surface area (Å²) >= 11 is 1.56. The Kier molecular flexibility index (Phi) is 6.10. The van der Waals surface area contributed by atoms with E-state index in [-0.39, 0.29) is 11.5 Å². The summed E-state index contributed by atoms with van der Waals surface area (Å²) in [6.07, 6.45) is 11.0. The molecule has 1 fully saturated rings. The van der Waals surface area contributed by atoms with Crippen LogP contribution in [0.4, 0.5) is 0 Å². The van der Waals surface area contributed by atoms with Gasteiger partial charge in [-0.2, -0.15) is 0 Å². The Morgan fingerprint density at radius 3 is 2.62 bits per heavy atom. The molecule has 0 saturated carbocycles. The zero-order valence-corrected chi connectivity index (χ0v) is 18.9. The molecule has 1 aromatic heterocycles. The number of ether oxygens (including phenoxy) is 1. The summed E-state index contributed by atoms with van der Waals surface area (Å²) < 4.78 is 6.82. The normalized spacial score (nSPS) is 16.4. The minimum atomic E-state index is 0.000398. The molecule has 164 valence electrons. The van der Waals surface area contributed by atoms with Gasteiger partial charge in [-0.1, -0.05) is 18.2 Å². The fourth-order valence-electron chi connectivity index (χ4n) is 4.44. The molecule has 3 aromatic rings. The number of phenolic OH excluding ortho intramolecular Hbond substituents is 1.